The maximum Gasteiger partial charge on any atom is 0.293 e. The fraction of sp³-hybridized carbons (Fsp3) is 0.583. The number of sulfonamides is 1. The number of hydrogen-bond donors (Lipinski definition) is 2. The quantitative estimate of drug-likeness (QED) is 0.537. The highest BCUT2D eigenvalue weighted by Gasteiger charge is 2.26. The lowest BCUT2D eigenvalue weighted by molar-refractivity contribution is -0.123. The number of aromatic nitrogens is 4. The van der Waals surface area contributed by atoms with Crippen molar-refractivity contribution in [3.8, 4) is 0 Å². The van der Waals surface area contributed by atoms with E-state index in [0.29, 0.717) is 9.59 Å². The van der Waals surface area contributed by atoms with Crippen LogP contribution >= 0.6 is 34.4 Å². The van der Waals surface area contributed by atoms with Gasteiger partial charge in [-0.05, 0) is 0 Å². The lowest BCUT2D eigenvalue weighted by Crippen LogP contribution is -2.27. The minimum atomic E-state index is -3.94. The second-order valence-electron chi connectivity index (χ2n) is 6.22. The normalized spacial score (nSPS) is 12.4. The minimum Gasteiger partial charge on any atom is -0.300 e. The smallest absolute Gasteiger partial charge is 0.293 e. The van der Waals surface area contributed by atoms with Crippen LogP contribution in [0.15, 0.2) is 8.68 Å². The van der Waals surface area contributed by atoms with Gasteiger partial charge >= 0.3 is 0 Å². The van der Waals surface area contributed by atoms with Gasteiger partial charge in [0.25, 0.3) is 14.4 Å². The highest BCUT2D eigenvalue weighted by molar-refractivity contribution is 8.01. The summed E-state index contributed by atoms with van der Waals surface area (Å²) < 4.78 is 27.4. The number of amides is 1. The Bertz CT molecular complexity index is 852. The van der Waals surface area contributed by atoms with E-state index in [1.54, 1.807) is 20.8 Å². The van der Waals surface area contributed by atoms with E-state index >= 15 is 0 Å². The fourth-order valence-electron chi connectivity index (χ4n) is 1.31. The largest absolute Gasteiger partial charge is 0.300 e. The van der Waals surface area contributed by atoms with Crippen LogP contribution in [-0.2, 0) is 14.8 Å². The first-order valence-corrected chi connectivity index (χ1v) is 11.1. The summed E-state index contributed by atoms with van der Waals surface area (Å²) in [6, 6.07) is 0. The first-order valence-electron chi connectivity index (χ1n) is 7.15. The Balaban J connectivity index is 2.10. The van der Waals surface area contributed by atoms with Gasteiger partial charge in [-0.15, -0.1) is 20.4 Å². The van der Waals surface area contributed by atoms with Crippen molar-refractivity contribution >= 4 is 60.6 Å². The van der Waals surface area contributed by atoms with Gasteiger partial charge in [0.15, 0.2) is 4.34 Å². The summed E-state index contributed by atoms with van der Waals surface area (Å²) in [5, 5.41) is 18.2. The lowest BCUT2D eigenvalue weighted by Gasteiger charge is -2.15. The SMILES string of the molecule is CC(C)Sc1nnc(NS(=O)(=O)c2nnc(NC(=O)C(C)(C)C)s2)s1. The van der Waals surface area contributed by atoms with Gasteiger partial charge in [-0.1, -0.05) is 69.1 Å². The van der Waals surface area contributed by atoms with E-state index in [2.05, 4.69) is 30.4 Å². The van der Waals surface area contributed by atoms with Crippen molar-refractivity contribution in [2.75, 3.05) is 10.0 Å². The van der Waals surface area contributed by atoms with Crippen molar-refractivity contribution in [1.29, 1.82) is 0 Å². The Labute approximate surface area is 158 Å². The molecule has 1 amide bonds. The molecule has 2 heterocycles. The standard InChI is InChI=1S/C12H18N6O3S4/c1-6(2)22-10-16-15-9(23-10)18-25(20,21)11-17-14-8(24-11)13-7(19)12(3,4)5/h6H,1-5H3,(H,15,18)(H,13,14,19). The molecule has 0 aliphatic rings. The Morgan fingerprint density at radius 2 is 1.72 bits per heavy atom. The molecule has 2 rings (SSSR count). The van der Waals surface area contributed by atoms with Crippen LogP contribution in [0.1, 0.15) is 34.6 Å². The summed E-state index contributed by atoms with van der Waals surface area (Å²) in [5.74, 6) is -0.278. The van der Waals surface area contributed by atoms with Crippen LogP contribution in [-0.4, -0.2) is 40.0 Å². The molecule has 9 nitrogen and oxygen atoms in total. The molecule has 2 aromatic heterocycles. The van der Waals surface area contributed by atoms with Crippen LogP contribution in [0.3, 0.4) is 0 Å². The number of nitrogens with zero attached hydrogens (tertiary/aromatic N) is 4. The molecule has 138 valence electrons. The lowest BCUT2D eigenvalue weighted by atomic mass is 9.96. The molecule has 0 fully saturated rings. The van der Waals surface area contributed by atoms with E-state index in [0.717, 1.165) is 22.7 Å². The molecule has 25 heavy (non-hydrogen) atoms. The summed E-state index contributed by atoms with van der Waals surface area (Å²) >= 11 is 3.40. The Morgan fingerprint density at radius 3 is 2.32 bits per heavy atom. The zero-order valence-electron chi connectivity index (χ0n) is 14.2. The first-order chi connectivity index (χ1) is 11.5. The van der Waals surface area contributed by atoms with Gasteiger partial charge in [-0.25, -0.2) is 0 Å². The Kier molecular flexibility index (Phi) is 6.01. The van der Waals surface area contributed by atoms with Crippen LogP contribution in [0, 0.1) is 5.41 Å². The van der Waals surface area contributed by atoms with E-state index in [1.165, 1.54) is 11.8 Å². The molecule has 2 N–H and O–H groups in total. The maximum absolute atomic E-state index is 12.3. The first kappa shape index (κ1) is 20.0. The molecular weight excluding hydrogens is 404 g/mol. The summed E-state index contributed by atoms with van der Waals surface area (Å²) in [6.07, 6.45) is 0. The van der Waals surface area contributed by atoms with E-state index < -0.39 is 15.4 Å². The van der Waals surface area contributed by atoms with Crippen molar-refractivity contribution in [1.82, 2.24) is 20.4 Å². The van der Waals surface area contributed by atoms with Gasteiger partial charge in [0.1, 0.15) is 0 Å². The van der Waals surface area contributed by atoms with Gasteiger partial charge < -0.3 is 5.32 Å². The van der Waals surface area contributed by atoms with Crippen molar-refractivity contribution in [3.05, 3.63) is 0 Å². The molecule has 0 aromatic carbocycles. The highest BCUT2D eigenvalue weighted by Crippen LogP contribution is 2.30. The fourth-order valence-corrected chi connectivity index (χ4v) is 5.41. The van der Waals surface area contributed by atoms with Crippen LogP contribution in [0.25, 0.3) is 0 Å². The average molecular weight is 423 g/mol. The van der Waals surface area contributed by atoms with Crippen LogP contribution < -0.4 is 10.0 Å². The summed E-state index contributed by atoms with van der Waals surface area (Å²) in [7, 11) is -3.94. The molecule has 2 aromatic rings. The number of rotatable bonds is 6. The summed E-state index contributed by atoms with van der Waals surface area (Å²) in [6.45, 7) is 9.23. The predicted molar refractivity (Wildman–Crippen MR) is 99.7 cm³/mol. The topological polar surface area (TPSA) is 127 Å². The number of carbonyl (C=O) groups excluding carboxylic acids is 1. The molecule has 0 spiro atoms. The van der Waals surface area contributed by atoms with Gasteiger partial charge in [0.05, 0.1) is 0 Å². The number of nitrogens with one attached hydrogen (secondary N) is 2. The molecule has 0 atom stereocenters. The van der Waals surface area contributed by atoms with Gasteiger partial charge in [-0.3, -0.25) is 9.52 Å². The van der Waals surface area contributed by atoms with Crippen LogP contribution in [0.5, 0.6) is 0 Å². The monoisotopic (exact) mass is 422 g/mol. The number of carbonyl (C=O) groups is 1. The highest BCUT2D eigenvalue weighted by atomic mass is 32.2. The van der Waals surface area contributed by atoms with E-state index in [-0.39, 0.29) is 20.5 Å². The second-order valence-corrected chi connectivity index (χ2v) is 11.9. The van der Waals surface area contributed by atoms with Crippen molar-refractivity contribution < 1.29 is 13.2 Å². The predicted octanol–water partition coefficient (Wildman–Crippen LogP) is 2.68. The Hall–Kier alpha value is -1.31. The molecule has 0 unspecified atom stereocenters. The number of hydrogen-bond acceptors (Lipinski definition) is 10. The van der Waals surface area contributed by atoms with E-state index in [1.807, 2.05) is 13.8 Å². The van der Waals surface area contributed by atoms with E-state index in [9.17, 15) is 13.2 Å². The maximum atomic E-state index is 12.3. The van der Waals surface area contributed by atoms with Crippen molar-refractivity contribution in [2.24, 2.45) is 5.41 Å². The second kappa shape index (κ2) is 7.51. The molecule has 13 heteroatoms. The third kappa shape index (κ3) is 5.59. The minimum absolute atomic E-state index is 0.119. The number of thioether (sulfide) groups is 1. The molecule has 0 radical (unpaired) electrons. The van der Waals surface area contributed by atoms with Crippen molar-refractivity contribution in [3.63, 3.8) is 0 Å². The molecule has 0 aliphatic carbocycles. The summed E-state index contributed by atoms with van der Waals surface area (Å²) in [5.41, 5.74) is -0.625. The molecule has 0 bridgehead atoms. The van der Waals surface area contributed by atoms with Gasteiger partial charge in [-0.2, -0.15) is 8.42 Å². The molecule has 0 saturated heterocycles. The zero-order chi connectivity index (χ0) is 18.8. The third-order valence-electron chi connectivity index (χ3n) is 2.50. The van der Waals surface area contributed by atoms with Crippen molar-refractivity contribution in [2.45, 2.75) is 48.5 Å². The zero-order valence-corrected chi connectivity index (χ0v) is 17.5. The molecule has 0 aliphatic heterocycles. The molecular formula is C12H18N6O3S4. The van der Waals surface area contributed by atoms with Gasteiger partial charge in [0, 0.05) is 10.7 Å². The number of anilines is 2. The summed E-state index contributed by atoms with van der Waals surface area (Å²) in [4.78, 5) is 11.9. The molecule has 0 saturated carbocycles. The van der Waals surface area contributed by atoms with Gasteiger partial charge in [0.2, 0.25) is 16.2 Å². The average Bonchev–Trinajstić information content (AvgIpc) is 3.06. The van der Waals surface area contributed by atoms with E-state index in [4.69, 9.17) is 0 Å². The van der Waals surface area contributed by atoms with Crippen LogP contribution in [0.4, 0.5) is 10.3 Å². The third-order valence-corrected chi connectivity index (χ3v) is 7.10. The Morgan fingerprint density at radius 1 is 1.08 bits per heavy atom. The van der Waals surface area contributed by atoms with Crippen LogP contribution in [0.2, 0.25) is 0 Å².